The zero-order chi connectivity index (χ0) is 17.6. The van der Waals surface area contributed by atoms with Crippen LogP contribution in [0.4, 0.5) is 0 Å². The number of nitrogens with zero attached hydrogens (tertiary/aromatic N) is 3. The Morgan fingerprint density at radius 3 is 2.50 bits per heavy atom. The maximum Gasteiger partial charge on any atom is 0.220 e. The minimum absolute atomic E-state index is 0.0367. The number of hydrogen-bond donors (Lipinski definition) is 4. The van der Waals surface area contributed by atoms with Crippen molar-refractivity contribution < 1.29 is 16.8 Å². The molecule has 6 N–H and O–H groups in total. The highest BCUT2D eigenvalue weighted by molar-refractivity contribution is 7.94. The topological polar surface area (TPSA) is 187 Å². The number of nitrogens with one attached hydrogen (secondary N) is 2. The van der Waals surface area contributed by atoms with Gasteiger partial charge in [-0.1, -0.05) is 18.2 Å². The first-order valence-electron chi connectivity index (χ1n) is 7.06. The maximum absolute atomic E-state index is 12.6. The molecule has 3 atom stereocenters. The fourth-order valence-electron chi connectivity index (χ4n) is 3.50. The number of allylic oxidation sites excluding steroid dienone is 2. The Balaban J connectivity index is 2.28. The molecular formula is C11H17N7O4S2. The molecule has 1 aliphatic carbocycles. The van der Waals surface area contributed by atoms with Crippen molar-refractivity contribution in [2.45, 2.75) is 16.4 Å². The zero-order valence-electron chi connectivity index (χ0n) is 12.5. The fraction of sp³-hybridized carbons (Fsp3) is 0.545. The quantitative estimate of drug-likeness (QED) is 0.442. The van der Waals surface area contributed by atoms with Gasteiger partial charge in [-0.25, -0.2) is 27.1 Å². The molecule has 1 aromatic heterocycles. The van der Waals surface area contributed by atoms with Gasteiger partial charge in [-0.05, 0) is 30.6 Å². The smallest absolute Gasteiger partial charge is 0.220 e. The molecule has 1 fully saturated rings. The molecule has 11 nitrogen and oxygen atoms in total. The predicted molar refractivity (Wildman–Crippen MR) is 85.0 cm³/mol. The van der Waals surface area contributed by atoms with Crippen LogP contribution >= 0.6 is 0 Å². The average Bonchev–Trinajstić information content (AvgIpc) is 3.17. The highest BCUT2D eigenvalue weighted by Gasteiger charge is 2.59. The molecule has 3 rings (SSSR count). The van der Waals surface area contributed by atoms with Crippen molar-refractivity contribution in [3.63, 3.8) is 0 Å². The summed E-state index contributed by atoms with van der Waals surface area (Å²) in [5.41, 5.74) is 0.0367. The first-order chi connectivity index (χ1) is 11.2. The number of rotatable bonds is 4. The van der Waals surface area contributed by atoms with E-state index in [1.165, 1.54) is 18.2 Å². The fourth-order valence-corrected chi connectivity index (χ4v) is 6.98. The molecule has 1 saturated heterocycles. The normalized spacial score (nSPS) is 31.2. The lowest BCUT2D eigenvalue weighted by Gasteiger charge is -2.41. The van der Waals surface area contributed by atoms with Crippen molar-refractivity contribution in [2.75, 3.05) is 13.1 Å². The molecule has 13 heteroatoms. The Labute approximate surface area is 138 Å². The lowest BCUT2D eigenvalue weighted by molar-refractivity contribution is 0.431. The zero-order valence-corrected chi connectivity index (χ0v) is 14.1. The molecule has 2 aliphatic rings. The lowest BCUT2D eigenvalue weighted by Crippen LogP contribution is -2.61. The second-order valence-electron chi connectivity index (χ2n) is 5.77. The van der Waals surface area contributed by atoms with Crippen LogP contribution in [-0.4, -0.2) is 60.5 Å². The number of tetrazole rings is 1. The molecule has 24 heavy (non-hydrogen) atoms. The summed E-state index contributed by atoms with van der Waals surface area (Å²) in [5, 5.41) is 25.4. The first-order valence-corrected chi connectivity index (χ1v) is 10.2. The van der Waals surface area contributed by atoms with Crippen LogP contribution in [0.5, 0.6) is 0 Å². The van der Waals surface area contributed by atoms with Gasteiger partial charge in [0.2, 0.25) is 25.9 Å². The molecule has 0 radical (unpaired) electrons. The van der Waals surface area contributed by atoms with Gasteiger partial charge in [-0.2, -0.15) is 5.21 Å². The average molecular weight is 375 g/mol. The van der Waals surface area contributed by atoms with Crippen LogP contribution in [0.1, 0.15) is 12.2 Å². The van der Waals surface area contributed by atoms with Crippen molar-refractivity contribution in [1.82, 2.24) is 25.9 Å². The minimum atomic E-state index is -4.36. The lowest BCUT2D eigenvalue weighted by atomic mass is 9.81. The van der Waals surface area contributed by atoms with Crippen molar-refractivity contribution in [3.8, 4) is 0 Å². The Kier molecular flexibility index (Phi) is 4.08. The number of aromatic nitrogens is 4. The van der Waals surface area contributed by atoms with E-state index in [-0.39, 0.29) is 11.4 Å². The molecule has 132 valence electrons. The van der Waals surface area contributed by atoms with E-state index in [4.69, 9.17) is 10.3 Å². The summed E-state index contributed by atoms with van der Waals surface area (Å²) in [5.74, 6) is -0.611. The summed E-state index contributed by atoms with van der Waals surface area (Å²) in [6.45, 7) is 0.848. The SMILES string of the molecule is NS(=O)(=O)C1C(c2nn[nH]n2)=CC=CC1(C1CCNC1)S(N)(=O)=O. The number of hydrogen-bond acceptors (Lipinski definition) is 8. The predicted octanol–water partition coefficient (Wildman–Crippen LogP) is -2.55. The summed E-state index contributed by atoms with van der Waals surface area (Å²) in [6.07, 6.45) is 4.59. The van der Waals surface area contributed by atoms with Crippen molar-refractivity contribution >= 4 is 25.6 Å². The van der Waals surface area contributed by atoms with E-state index < -0.39 is 36.0 Å². The van der Waals surface area contributed by atoms with Gasteiger partial charge < -0.3 is 5.32 Å². The molecular weight excluding hydrogens is 358 g/mol. The molecule has 0 aromatic carbocycles. The van der Waals surface area contributed by atoms with E-state index in [0.29, 0.717) is 19.5 Å². The highest BCUT2D eigenvalue weighted by atomic mass is 32.2. The van der Waals surface area contributed by atoms with Crippen LogP contribution in [0.2, 0.25) is 0 Å². The molecule has 3 unspecified atom stereocenters. The van der Waals surface area contributed by atoms with Crippen LogP contribution in [0.15, 0.2) is 18.2 Å². The van der Waals surface area contributed by atoms with Crippen LogP contribution in [0, 0.1) is 5.92 Å². The Morgan fingerprint density at radius 2 is 2.00 bits per heavy atom. The van der Waals surface area contributed by atoms with E-state index in [1.807, 2.05) is 0 Å². The third-order valence-corrected chi connectivity index (χ3v) is 7.59. The van der Waals surface area contributed by atoms with Gasteiger partial charge in [-0.15, -0.1) is 10.2 Å². The molecule has 0 saturated carbocycles. The summed E-state index contributed by atoms with van der Waals surface area (Å²) in [4.78, 5) is 0. The van der Waals surface area contributed by atoms with Gasteiger partial charge in [0.15, 0.2) is 0 Å². The maximum atomic E-state index is 12.6. The highest BCUT2D eigenvalue weighted by Crippen LogP contribution is 2.44. The second kappa shape index (κ2) is 5.70. The minimum Gasteiger partial charge on any atom is -0.316 e. The molecule has 2 heterocycles. The summed E-state index contributed by atoms with van der Waals surface area (Å²) >= 11 is 0. The Hall–Kier alpha value is -1.67. The van der Waals surface area contributed by atoms with Crippen LogP contribution in [0.25, 0.3) is 5.57 Å². The first kappa shape index (κ1) is 17.2. The van der Waals surface area contributed by atoms with Gasteiger partial charge in [0.25, 0.3) is 0 Å². The number of aromatic amines is 1. The molecule has 1 aliphatic heterocycles. The molecule has 0 amide bonds. The van der Waals surface area contributed by atoms with Gasteiger partial charge in [-0.3, -0.25) is 0 Å². The van der Waals surface area contributed by atoms with Crippen molar-refractivity contribution in [2.24, 2.45) is 16.2 Å². The molecule has 0 spiro atoms. The van der Waals surface area contributed by atoms with Crippen molar-refractivity contribution in [3.05, 3.63) is 24.1 Å². The van der Waals surface area contributed by atoms with Gasteiger partial charge in [0, 0.05) is 5.57 Å². The van der Waals surface area contributed by atoms with Crippen LogP contribution in [0.3, 0.4) is 0 Å². The van der Waals surface area contributed by atoms with Gasteiger partial charge >= 0.3 is 0 Å². The van der Waals surface area contributed by atoms with Gasteiger partial charge in [0.1, 0.15) is 10.00 Å². The van der Waals surface area contributed by atoms with Crippen LogP contribution < -0.4 is 15.6 Å². The van der Waals surface area contributed by atoms with E-state index in [0.717, 1.165) is 0 Å². The number of primary sulfonamides is 2. The largest absolute Gasteiger partial charge is 0.316 e. The van der Waals surface area contributed by atoms with Gasteiger partial charge in [0.05, 0.1) is 0 Å². The Bertz CT molecular complexity index is 885. The number of H-pyrrole nitrogens is 1. The van der Waals surface area contributed by atoms with Crippen LogP contribution in [-0.2, 0) is 20.0 Å². The van der Waals surface area contributed by atoms with E-state index in [1.54, 1.807) is 0 Å². The summed E-state index contributed by atoms with van der Waals surface area (Å²) < 4.78 is 48.0. The summed E-state index contributed by atoms with van der Waals surface area (Å²) in [7, 11) is -8.70. The number of nitrogens with two attached hydrogens (primary N) is 2. The standard InChI is InChI=1S/C11H17N7O4S2/c12-23(19,20)9-8(10-15-17-18-16-10)2-1-4-11(9,24(13,21)22)7-3-5-14-6-7/h1-2,4,7,9,14H,3,5-6H2,(H2,12,19,20)(H2,13,21,22)(H,15,16,17,18). The van der Waals surface area contributed by atoms with E-state index in [2.05, 4.69) is 25.9 Å². The molecule has 1 aromatic rings. The van der Waals surface area contributed by atoms with E-state index in [9.17, 15) is 16.8 Å². The monoisotopic (exact) mass is 375 g/mol. The van der Waals surface area contributed by atoms with Crippen molar-refractivity contribution in [1.29, 1.82) is 0 Å². The second-order valence-corrected chi connectivity index (χ2v) is 9.22. The van der Waals surface area contributed by atoms with E-state index >= 15 is 0 Å². The number of sulfonamides is 2. The Morgan fingerprint density at radius 1 is 1.25 bits per heavy atom. The third kappa shape index (κ3) is 2.57. The summed E-state index contributed by atoms with van der Waals surface area (Å²) in [6, 6.07) is 0. The third-order valence-electron chi connectivity index (χ3n) is 4.45. The molecule has 0 bridgehead atoms.